The summed E-state index contributed by atoms with van der Waals surface area (Å²) in [6, 6.07) is 0. The molecule has 21 heavy (non-hydrogen) atoms. The number of hydrogen-bond acceptors (Lipinski definition) is 5. The molecule has 2 aliphatic rings. The minimum Gasteiger partial charge on any atom is -0.512 e. The molecule has 0 saturated carbocycles. The Balaban J connectivity index is 0.000000364. The Morgan fingerprint density at radius 1 is 1.10 bits per heavy atom. The van der Waals surface area contributed by atoms with Crippen LogP contribution in [0.15, 0.2) is 47.2 Å². The largest absolute Gasteiger partial charge is 0.512 e. The van der Waals surface area contributed by atoms with Crippen molar-refractivity contribution in [3.05, 3.63) is 47.2 Å². The van der Waals surface area contributed by atoms with Crippen LogP contribution in [0, 0.1) is 0 Å². The van der Waals surface area contributed by atoms with Gasteiger partial charge in [-0.1, -0.05) is 7.43 Å². The molecule has 0 saturated heterocycles. The van der Waals surface area contributed by atoms with Gasteiger partial charge in [-0.15, -0.1) is 0 Å². The highest BCUT2D eigenvalue weighted by Crippen LogP contribution is 2.22. The summed E-state index contributed by atoms with van der Waals surface area (Å²) in [5.41, 5.74) is 1.01. The molecule has 2 aliphatic carbocycles. The Hall–Kier alpha value is -2.30. The summed E-state index contributed by atoms with van der Waals surface area (Å²) in [4.78, 5) is 21.1. The summed E-state index contributed by atoms with van der Waals surface area (Å²) in [5.74, 6) is 0.834. The van der Waals surface area contributed by atoms with E-state index in [1.807, 2.05) is 13.0 Å². The lowest BCUT2D eigenvalue weighted by molar-refractivity contribution is -0.131. The molecule has 5 heteroatoms. The maximum Gasteiger partial charge on any atom is 0.229 e. The first kappa shape index (κ1) is 18.7. The van der Waals surface area contributed by atoms with Gasteiger partial charge in [0, 0.05) is 18.9 Å². The second-order valence-electron chi connectivity index (χ2n) is 4.30. The molecule has 5 nitrogen and oxygen atoms in total. The molecule has 0 bridgehead atoms. The fourth-order valence-electron chi connectivity index (χ4n) is 1.59. The molecular weight excluding hydrogens is 272 g/mol. The van der Waals surface area contributed by atoms with Gasteiger partial charge in [-0.05, 0) is 30.7 Å². The van der Waals surface area contributed by atoms with Crippen LogP contribution in [0.4, 0.5) is 0 Å². The van der Waals surface area contributed by atoms with Crippen molar-refractivity contribution in [1.29, 1.82) is 0 Å². The van der Waals surface area contributed by atoms with Crippen molar-refractivity contribution < 1.29 is 24.2 Å². The summed E-state index contributed by atoms with van der Waals surface area (Å²) >= 11 is 0. The molecule has 0 radical (unpaired) electrons. The van der Waals surface area contributed by atoms with Crippen LogP contribution < -0.4 is 0 Å². The zero-order chi connectivity index (χ0) is 15.1. The predicted octanol–water partition coefficient (Wildman–Crippen LogP) is 3.00. The van der Waals surface area contributed by atoms with E-state index in [2.05, 4.69) is 0 Å². The number of aliphatic hydroxyl groups excluding tert-OH is 1. The van der Waals surface area contributed by atoms with E-state index in [4.69, 9.17) is 9.47 Å². The maximum absolute atomic E-state index is 10.6. The van der Waals surface area contributed by atoms with Crippen LogP contribution >= 0.6 is 0 Å². The molecule has 2 rings (SSSR count). The summed E-state index contributed by atoms with van der Waals surface area (Å²) < 4.78 is 9.74. The fraction of sp³-hybridized carbons (Fsp3) is 0.375. The van der Waals surface area contributed by atoms with E-state index in [1.54, 1.807) is 7.11 Å². The van der Waals surface area contributed by atoms with Crippen molar-refractivity contribution in [3.63, 3.8) is 0 Å². The number of allylic oxidation sites excluding steroid dienone is 5. The second-order valence-corrected chi connectivity index (χ2v) is 4.30. The van der Waals surface area contributed by atoms with E-state index >= 15 is 0 Å². The van der Waals surface area contributed by atoms with Gasteiger partial charge >= 0.3 is 0 Å². The Kier molecular flexibility index (Phi) is 7.83. The maximum atomic E-state index is 10.6. The highest BCUT2D eigenvalue weighted by molar-refractivity contribution is 6.46. The summed E-state index contributed by atoms with van der Waals surface area (Å²) in [6.45, 7) is 1.92. The van der Waals surface area contributed by atoms with E-state index in [-0.39, 0.29) is 7.43 Å². The number of carbonyl (C=O) groups excluding carboxylic acids is 2. The molecule has 0 amide bonds. The standard InChI is InChI=1S/C8H12O2.C7H6O3.CH4/c1-6-5-7(10-2)3-4-8(6)9;1-10-5-2-3-6(8)7(9)4-5;/h3,9H,4-5H2,1-2H3;2-4H,1H3;1H4. The van der Waals surface area contributed by atoms with E-state index in [0.717, 1.165) is 17.8 Å². The number of methoxy groups -OCH3 is 2. The smallest absolute Gasteiger partial charge is 0.229 e. The highest BCUT2D eigenvalue weighted by atomic mass is 16.5. The average Bonchev–Trinajstić information content (AvgIpc) is 2.45. The van der Waals surface area contributed by atoms with E-state index < -0.39 is 11.6 Å². The van der Waals surface area contributed by atoms with Gasteiger partial charge in [0.25, 0.3) is 0 Å². The Bertz CT molecular complexity index is 521. The van der Waals surface area contributed by atoms with Gasteiger partial charge in [0.15, 0.2) is 0 Å². The summed E-state index contributed by atoms with van der Waals surface area (Å²) in [5, 5.41) is 9.17. The molecule has 0 aliphatic heterocycles. The molecule has 0 atom stereocenters. The highest BCUT2D eigenvalue weighted by Gasteiger charge is 2.12. The minimum atomic E-state index is -0.528. The lowest BCUT2D eigenvalue weighted by atomic mass is 10.0. The molecule has 0 spiro atoms. The van der Waals surface area contributed by atoms with Gasteiger partial charge in [-0.2, -0.15) is 0 Å². The average molecular weight is 294 g/mol. The zero-order valence-electron chi connectivity index (χ0n) is 11.8. The molecule has 0 aromatic rings. The third-order valence-electron chi connectivity index (χ3n) is 2.87. The minimum absolute atomic E-state index is 0. The number of ether oxygens (including phenoxy) is 2. The molecular formula is C16H22O5. The third kappa shape index (κ3) is 5.69. The zero-order valence-corrected chi connectivity index (χ0v) is 11.8. The van der Waals surface area contributed by atoms with Gasteiger partial charge in [-0.3, -0.25) is 9.59 Å². The first-order chi connectivity index (χ1) is 9.47. The monoisotopic (exact) mass is 294 g/mol. The lowest BCUT2D eigenvalue weighted by Crippen LogP contribution is -2.11. The SMILES string of the molecule is C.COC1=CC(=O)C(=O)C=C1.COC1=CCC(O)=C(C)C1. The quantitative estimate of drug-likeness (QED) is 0.626. The predicted molar refractivity (Wildman–Crippen MR) is 80.6 cm³/mol. The number of hydrogen-bond donors (Lipinski definition) is 1. The number of ketones is 2. The van der Waals surface area contributed by atoms with E-state index in [9.17, 15) is 14.7 Å². The van der Waals surface area contributed by atoms with Gasteiger partial charge < -0.3 is 14.6 Å². The Labute approximate surface area is 125 Å². The van der Waals surface area contributed by atoms with Gasteiger partial charge in [0.1, 0.15) is 5.76 Å². The lowest BCUT2D eigenvalue weighted by Gasteiger charge is -2.13. The van der Waals surface area contributed by atoms with Crippen molar-refractivity contribution in [2.24, 2.45) is 0 Å². The molecule has 116 valence electrons. The topological polar surface area (TPSA) is 72.8 Å². The van der Waals surface area contributed by atoms with Gasteiger partial charge in [0.2, 0.25) is 11.6 Å². The fourth-order valence-corrected chi connectivity index (χ4v) is 1.59. The number of aliphatic hydroxyl groups is 1. The van der Waals surface area contributed by atoms with Gasteiger partial charge in [-0.25, -0.2) is 0 Å². The van der Waals surface area contributed by atoms with Crippen molar-refractivity contribution in [3.8, 4) is 0 Å². The van der Waals surface area contributed by atoms with Crippen LogP contribution in [0.25, 0.3) is 0 Å². The molecule has 0 fully saturated rings. The van der Waals surface area contributed by atoms with Crippen LogP contribution in [0.1, 0.15) is 27.2 Å². The Morgan fingerprint density at radius 3 is 2.24 bits per heavy atom. The van der Waals surface area contributed by atoms with Crippen LogP contribution in [0.5, 0.6) is 0 Å². The Morgan fingerprint density at radius 2 is 1.76 bits per heavy atom. The first-order valence-electron chi connectivity index (χ1n) is 6.10. The van der Waals surface area contributed by atoms with Crippen LogP contribution in [-0.2, 0) is 19.1 Å². The van der Waals surface area contributed by atoms with Crippen molar-refractivity contribution >= 4 is 11.6 Å². The summed E-state index contributed by atoms with van der Waals surface area (Å²) in [6.07, 6.45) is 7.10. The van der Waals surface area contributed by atoms with Crippen LogP contribution in [-0.4, -0.2) is 30.9 Å². The summed E-state index contributed by atoms with van der Waals surface area (Å²) in [7, 11) is 3.10. The third-order valence-corrected chi connectivity index (χ3v) is 2.87. The van der Waals surface area contributed by atoms with E-state index in [0.29, 0.717) is 17.9 Å². The van der Waals surface area contributed by atoms with E-state index in [1.165, 1.54) is 25.3 Å². The molecule has 0 aromatic heterocycles. The molecule has 0 unspecified atom stereocenters. The molecule has 0 aromatic carbocycles. The first-order valence-corrected chi connectivity index (χ1v) is 6.10. The molecule has 1 N–H and O–H groups in total. The number of rotatable bonds is 2. The van der Waals surface area contributed by atoms with Crippen molar-refractivity contribution in [1.82, 2.24) is 0 Å². The van der Waals surface area contributed by atoms with Crippen LogP contribution in [0.3, 0.4) is 0 Å². The second kappa shape index (κ2) is 8.79. The number of carbonyl (C=O) groups is 2. The van der Waals surface area contributed by atoms with Crippen molar-refractivity contribution in [2.45, 2.75) is 27.2 Å². The molecule has 0 heterocycles. The van der Waals surface area contributed by atoms with Gasteiger partial charge in [0.05, 0.1) is 25.7 Å². The normalized spacial score (nSPS) is 17.1. The van der Waals surface area contributed by atoms with Crippen molar-refractivity contribution in [2.75, 3.05) is 14.2 Å². The van der Waals surface area contributed by atoms with Crippen LogP contribution in [0.2, 0.25) is 0 Å².